The normalized spacial score (nSPS) is 25.2. The van der Waals surface area contributed by atoms with Gasteiger partial charge in [0.25, 0.3) is 0 Å². The molecule has 1 aliphatic rings. The van der Waals surface area contributed by atoms with E-state index in [2.05, 4.69) is 4.74 Å². The minimum atomic E-state index is -4.52. The SMILES string of the molecule is FC(F)(F)OC1CCC1[CH]c1ccccc1. The lowest BCUT2D eigenvalue weighted by atomic mass is 9.78. The largest absolute Gasteiger partial charge is 0.522 e. The maximum absolute atomic E-state index is 12.0. The quantitative estimate of drug-likeness (QED) is 0.770. The summed E-state index contributed by atoms with van der Waals surface area (Å²) in [6.07, 6.45) is -2.14. The van der Waals surface area contributed by atoms with Gasteiger partial charge in [0.15, 0.2) is 0 Å². The Kier molecular flexibility index (Phi) is 3.19. The van der Waals surface area contributed by atoms with Gasteiger partial charge in [-0.1, -0.05) is 30.3 Å². The smallest absolute Gasteiger partial charge is 0.288 e. The van der Waals surface area contributed by atoms with Crippen LogP contribution >= 0.6 is 0 Å². The van der Waals surface area contributed by atoms with E-state index in [-0.39, 0.29) is 5.92 Å². The highest BCUT2D eigenvalue weighted by atomic mass is 19.4. The lowest BCUT2D eigenvalue weighted by Crippen LogP contribution is -2.38. The van der Waals surface area contributed by atoms with E-state index in [1.807, 2.05) is 36.8 Å². The molecule has 1 nitrogen and oxygen atoms in total. The topological polar surface area (TPSA) is 9.23 Å². The van der Waals surface area contributed by atoms with Gasteiger partial charge in [0.05, 0.1) is 6.10 Å². The molecule has 0 N–H and O–H groups in total. The predicted octanol–water partition coefficient (Wildman–Crippen LogP) is 3.55. The predicted molar refractivity (Wildman–Crippen MR) is 53.5 cm³/mol. The second-order valence-electron chi connectivity index (χ2n) is 3.92. The van der Waals surface area contributed by atoms with Crippen molar-refractivity contribution in [3.63, 3.8) is 0 Å². The third-order valence-electron chi connectivity index (χ3n) is 2.75. The van der Waals surface area contributed by atoms with Gasteiger partial charge in [-0.05, 0) is 30.7 Å². The number of hydrogen-bond acceptors (Lipinski definition) is 1. The minimum Gasteiger partial charge on any atom is -0.288 e. The van der Waals surface area contributed by atoms with Crippen LogP contribution in [0.5, 0.6) is 0 Å². The van der Waals surface area contributed by atoms with Crippen molar-refractivity contribution in [2.75, 3.05) is 0 Å². The summed E-state index contributed by atoms with van der Waals surface area (Å²) in [7, 11) is 0. The van der Waals surface area contributed by atoms with Crippen molar-refractivity contribution in [3.05, 3.63) is 42.3 Å². The molecule has 1 aromatic rings. The molecule has 0 spiro atoms. The average Bonchev–Trinajstić information content (AvgIpc) is 2.22. The van der Waals surface area contributed by atoms with Crippen molar-refractivity contribution in [2.45, 2.75) is 25.3 Å². The Balaban J connectivity index is 1.88. The average molecular weight is 229 g/mol. The molecule has 1 aromatic carbocycles. The molecular weight excluding hydrogens is 217 g/mol. The number of ether oxygens (including phenoxy) is 1. The first-order valence-electron chi connectivity index (χ1n) is 5.19. The second-order valence-corrected chi connectivity index (χ2v) is 3.92. The molecule has 16 heavy (non-hydrogen) atoms. The van der Waals surface area contributed by atoms with Gasteiger partial charge in [-0.15, -0.1) is 13.2 Å². The van der Waals surface area contributed by atoms with Crippen molar-refractivity contribution in [1.82, 2.24) is 0 Å². The molecule has 2 rings (SSSR count). The van der Waals surface area contributed by atoms with E-state index in [1.165, 1.54) is 0 Å². The van der Waals surface area contributed by atoms with Crippen molar-refractivity contribution in [2.24, 2.45) is 5.92 Å². The van der Waals surface area contributed by atoms with E-state index in [0.717, 1.165) is 12.0 Å². The Morgan fingerprint density at radius 2 is 1.81 bits per heavy atom. The summed E-state index contributed by atoms with van der Waals surface area (Å²) in [6, 6.07) is 9.36. The van der Waals surface area contributed by atoms with Crippen LogP contribution in [0.25, 0.3) is 0 Å². The zero-order valence-electron chi connectivity index (χ0n) is 8.58. The highest BCUT2D eigenvalue weighted by Crippen LogP contribution is 2.38. The standard InChI is InChI=1S/C12H12F3O/c13-12(14,15)16-11-7-6-10(11)8-9-4-2-1-3-5-9/h1-5,8,10-11H,6-7H2. The van der Waals surface area contributed by atoms with Crippen LogP contribution in [0.3, 0.4) is 0 Å². The van der Waals surface area contributed by atoms with Crippen LogP contribution in [0.15, 0.2) is 30.3 Å². The van der Waals surface area contributed by atoms with E-state index in [4.69, 9.17) is 0 Å². The fraction of sp³-hybridized carbons (Fsp3) is 0.417. The molecule has 1 fully saturated rings. The fourth-order valence-electron chi connectivity index (χ4n) is 1.82. The molecule has 0 aromatic heterocycles. The monoisotopic (exact) mass is 229 g/mol. The van der Waals surface area contributed by atoms with Gasteiger partial charge < -0.3 is 0 Å². The summed E-state index contributed by atoms with van der Waals surface area (Å²) in [6.45, 7) is 0. The molecule has 87 valence electrons. The van der Waals surface area contributed by atoms with Gasteiger partial charge in [0, 0.05) is 0 Å². The van der Waals surface area contributed by atoms with Crippen LogP contribution in [0, 0.1) is 12.3 Å². The summed E-state index contributed by atoms with van der Waals surface area (Å²) in [5, 5.41) is 0. The fourth-order valence-corrected chi connectivity index (χ4v) is 1.82. The van der Waals surface area contributed by atoms with Crippen molar-refractivity contribution in [3.8, 4) is 0 Å². The molecule has 1 saturated carbocycles. The van der Waals surface area contributed by atoms with Gasteiger partial charge in [-0.3, -0.25) is 4.74 Å². The zero-order chi connectivity index (χ0) is 11.6. The van der Waals surface area contributed by atoms with E-state index < -0.39 is 12.5 Å². The van der Waals surface area contributed by atoms with Gasteiger partial charge in [0.2, 0.25) is 0 Å². The Morgan fingerprint density at radius 1 is 1.12 bits per heavy atom. The lowest BCUT2D eigenvalue weighted by Gasteiger charge is -2.36. The molecule has 0 heterocycles. The van der Waals surface area contributed by atoms with Crippen LogP contribution in [0.4, 0.5) is 13.2 Å². The van der Waals surface area contributed by atoms with Crippen molar-refractivity contribution >= 4 is 0 Å². The number of hydrogen-bond donors (Lipinski definition) is 0. The molecular formula is C12H12F3O. The Morgan fingerprint density at radius 3 is 2.31 bits per heavy atom. The molecule has 2 unspecified atom stereocenters. The van der Waals surface area contributed by atoms with Crippen LogP contribution in [-0.4, -0.2) is 12.5 Å². The zero-order valence-corrected chi connectivity index (χ0v) is 8.58. The van der Waals surface area contributed by atoms with Crippen molar-refractivity contribution < 1.29 is 17.9 Å². The van der Waals surface area contributed by atoms with Crippen molar-refractivity contribution in [1.29, 1.82) is 0 Å². The van der Waals surface area contributed by atoms with Crippen LogP contribution in [0.2, 0.25) is 0 Å². The molecule has 1 radical (unpaired) electrons. The molecule has 1 aliphatic carbocycles. The van der Waals surface area contributed by atoms with E-state index >= 15 is 0 Å². The Hall–Kier alpha value is -1.03. The summed E-state index contributed by atoms with van der Waals surface area (Å²) >= 11 is 0. The molecule has 0 amide bonds. The summed E-state index contributed by atoms with van der Waals surface area (Å²) < 4.78 is 40.0. The summed E-state index contributed by atoms with van der Waals surface area (Å²) in [5.41, 5.74) is 0.947. The van der Waals surface area contributed by atoms with Crippen LogP contribution in [0.1, 0.15) is 18.4 Å². The molecule has 2 atom stereocenters. The molecule has 4 heteroatoms. The van der Waals surface area contributed by atoms with Gasteiger partial charge >= 0.3 is 6.36 Å². The Labute approximate surface area is 92.2 Å². The van der Waals surface area contributed by atoms with Gasteiger partial charge in [-0.2, -0.15) is 0 Å². The Bertz CT molecular complexity index is 334. The second kappa shape index (κ2) is 4.45. The summed E-state index contributed by atoms with van der Waals surface area (Å²) in [4.78, 5) is 0. The first-order valence-corrected chi connectivity index (χ1v) is 5.19. The highest BCUT2D eigenvalue weighted by molar-refractivity contribution is 5.24. The number of alkyl halides is 3. The number of rotatable bonds is 3. The van der Waals surface area contributed by atoms with Gasteiger partial charge in [0.1, 0.15) is 0 Å². The molecule has 0 saturated heterocycles. The number of halogens is 3. The maximum Gasteiger partial charge on any atom is 0.522 e. The van der Waals surface area contributed by atoms with Crippen LogP contribution in [-0.2, 0) is 4.74 Å². The minimum absolute atomic E-state index is 0.121. The summed E-state index contributed by atoms with van der Waals surface area (Å²) in [5.74, 6) is -0.121. The highest BCUT2D eigenvalue weighted by Gasteiger charge is 2.41. The maximum atomic E-state index is 12.0. The third kappa shape index (κ3) is 2.98. The lowest BCUT2D eigenvalue weighted by molar-refractivity contribution is -0.356. The van der Waals surface area contributed by atoms with Gasteiger partial charge in [-0.25, -0.2) is 0 Å². The van der Waals surface area contributed by atoms with E-state index in [0.29, 0.717) is 6.42 Å². The van der Waals surface area contributed by atoms with E-state index in [9.17, 15) is 13.2 Å². The molecule has 0 aliphatic heterocycles. The third-order valence-corrected chi connectivity index (χ3v) is 2.75. The number of benzene rings is 1. The first-order chi connectivity index (χ1) is 7.54. The van der Waals surface area contributed by atoms with Crippen LogP contribution < -0.4 is 0 Å². The van der Waals surface area contributed by atoms with E-state index in [1.54, 1.807) is 0 Å². The first kappa shape index (κ1) is 11.5. The molecule has 0 bridgehead atoms.